The van der Waals surface area contributed by atoms with Gasteiger partial charge in [0.2, 0.25) is 5.91 Å². The van der Waals surface area contributed by atoms with Crippen LogP contribution in [0.25, 0.3) is 0 Å². The lowest BCUT2D eigenvalue weighted by molar-refractivity contribution is -0.116. The van der Waals surface area contributed by atoms with Crippen LogP contribution in [0.5, 0.6) is 0 Å². The van der Waals surface area contributed by atoms with E-state index >= 15 is 0 Å². The fourth-order valence-corrected chi connectivity index (χ4v) is 2.32. The summed E-state index contributed by atoms with van der Waals surface area (Å²) < 4.78 is 13.0. The smallest absolute Gasteiger partial charge is 0.226 e. The van der Waals surface area contributed by atoms with Gasteiger partial charge in [0.25, 0.3) is 0 Å². The Bertz CT molecular complexity index is 631. The van der Waals surface area contributed by atoms with Gasteiger partial charge in [-0.1, -0.05) is 23.7 Å². The number of nitrogens with one attached hydrogen (secondary N) is 1. The van der Waals surface area contributed by atoms with Gasteiger partial charge in [0, 0.05) is 25.2 Å². The summed E-state index contributed by atoms with van der Waals surface area (Å²) in [7, 11) is 0. The van der Waals surface area contributed by atoms with E-state index in [4.69, 9.17) is 11.6 Å². The molecule has 0 aromatic heterocycles. The molecular weight excluding hydrogens is 303 g/mol. The molecule has 2 aromatic rings. The van der Waals surface area contributed by atoms with Crippen molar-refractivity contribution in [2.45, 2.75) is 13.3 Å². The maximum atomic E-state index is 13.0. The molecule has 0 fully saturated rings. The first-order chi connectivity index (χ1) is 10.6. The zero-order valence-corrected chi connectivity index (χ0v) is 13.1. The van der Waals surface area contributed by atoms with Crippen molar-refractivity contribution >= 4 is 28.9 Å². The summed E-state index contributed by atoms with van der Waals surface area (Å²) in [5.41, 5.74) is 1.51. The van der Waals surface area contributed by atoms with Crippen LogP contribution in [-0.2, 0) is 4.79 Å². The molecule has 5 heteroatoms. The molecular formula is C17H18ClFN2O. The Morgan fingerprint density at radius 1 is 1.18 bits per heavy atom. The predicted molar refractivity (Wildman–Crippen MR) is 89.0 cm³/mol. The van der Waals surface area contributed by atoms with Gasteiger partial charge < -0.3 is 10.2 Å². The van der Waals surface area contributed by atoms with Crippen LogP contribution in [-0.4, -0.2) is 19.0 Å². The fourth-order valence-electron chi connectivity index (χ4n) is 2.13. The van der Waals surface area contributed by atoms with Gasteiger partial charge in [-0.2, -0.15) is 0 Å². The molecule has 0 heterocycles. The molecule has 0 spiro atoms. The predicted octanol–water partition coefficient (Wildman–Crippen LogP) is 4.33. The number of para-hydroxylation sites is 1. The molecule has 1 amide bonds. The molecule has 0 unspecified atom stereocenters. The summed E-state index contributed by atoms with van der Waals surface area (Å²) in [5, 5.41) is 3.31. The van der Waals surface area contributed by atoms with E-state index in [1.54, 1.807) is 24.3 Å². The van der Waals surface area contributed by atoms with Crippen molar-refractivity contribution in [2.24, 2.45) is 0 Å². The van der Waals surface area contributed by atoms with Crippen LogP contribution < -0.4 is 10.2 Å². The standard InChI is InChI=1S/C17H18ClFN2O/c1-2-21(14-9-7-13(19)8-10-14)12-11-17(22)20-16-6-4-3-5-15(16)18/h3-10H,2,11-12H2,1H3,(H,20,22). The lowest BCUT2D eigenvalue weighted by atomic mass is 10.2. The van der Waals surface area contributed by atoms with Gasteiger partial charge in [-0.15, -0.1) is 0 Å². The fraction of sp³-hybridized carbons (Fsp3) is 0.235. The van der Waals surface area contributed by atoms with Crippen LogP contribution in [0.4, 0.5) is 15.8 Å². The van der Waals surface area contributed by atoms with Crippen molar-refractivity contribution in [2.75, 3.05) is 23.3 Å². The second-order valence-electron chi connectivity index (χ2n) is 4.83. The van der Waals surface area contributed by atoms with Gasteiger partial charge >= 0.3 is 0 Å². The van der Waals surface area contributed by atoms with E-state index in [1.165, 1.54) is 12.1 Å². The average molecular weight is 321 g/mol. The summed E-state index contributed by atoms with van der Waals surface area (Å²) in [5.74, 6) is -0.370. The third kappa shape index (κ3) is 4.46. The highest BCUT2D eigenvalue weighted by atomic mass is 35.5. The van der Waals surface area contributed by atoms with E-state index in [9.17, 15) is 9.18 Å². The molecule has 22 heavy (non-hydrogen) atoms. The van der Waals surface area contributed by atoms with Crippen molar-refractivity contribution in [3.05, 3.63) is 59.4 Å². The van der Waals surface area contributed by atoms with Gasteiger partial charge in [0.15, 0.2) is 0 Å². The molecule has 0 aliphatic rings. The number of amides is 1. The molecule has 116 valence electrons. The maximum absolute atomic E-state index is 13.0. The molecule has 0 atom stereocenters. The minimum absolute atomic E-state index is 0.103. The number of carbonyl (C=O) groups is 1. The van der Waals surface area contributed by atoms with Crippen molar-refractivity contribution in [1.29, 1.82) is 0 Å². The van der Waals surface area contributed by atoms with Crippen LogP contribution in [0, 0.1) is 5.82 Å². The van der Waals surface area contributed by atoms with Crippen molar-refractivity contribution in [3.63, 3.8) is 0 Å². The van der Waals surface area contributed by atoms with E-state index in [2.05, 4.69) is 5.32 Å². The normalized spacial score (nSPS) is 10.3. The lowest BCUT2D eigenvalue weighted by Crippen LogP contribution is -2.27. The van der Waals surface area contributed by atoms with E-state index in [1.807, 2.05) is 24.0 Å². The zero-order chi connectivity index (χ0) is 15.9. The quantitative estimate of drug-likeness (QED) is 0.859. The first-order valence-corrected chi connectivity index (χ1v) is 7.53. The average Bonchev–Trinajstić information content (AvgIpc) is 2.52. The summed E-state index contributed by atoms with van der Waals surface area (Å²) >= 11 is 6.01. The molecule has 1 N–H and O–H groups in total. The van der Waals surface area contributed by atoms with Gasteiger partial charge in [-0.05, 0) is 43.3 Å². The Balaban J connectivity index is 1.91. The highest BCUT2D eigenvalue weighted by molar-refractivity contribution is 6.33. The lowest BCUT2D eigenvalue weighted by Gasteiger charge is -2.22. The van der Waals surface area contributed by atoms with Gasteiger partial charge in [-0.25, -0.2) is 4.39 Å². The van der Waals surface area contributed by atoms with Crippen LogP contribution in [0.2, 0.25) is 5.02 Å². The first-order valence-electron chi connectivity index (χ1n) is 7.15. The number of hydrogen-bond acceptors (Lipinski definition) is 2. The molecule has 0 aliphatic carbocycles. The molecule has 2 rings (SSSR count). The zero-order valence-electron chi connectivity index (χ0n) is 12.4. The number of hydrogen-bond donors (Lipinski definition) is 1. The number of halogens is 2. The first kappa shape index (κ1) is 16.3. The van der Waals surface area contributed by atoms with E-state index in [0.29, 0.717) is 23.7 Å². The largest absolute Gasteiger partial charge is 0.371 e. The second-order valence-corrected chi connectivity index (χ2v) is 5.24. The van der Waals surface area contributed by atoms with Crippen LogP contribution >= 0.6 is 11.6 Å². The molecule has 3 nitrogen and oxygen atoms in total. The van der Waals surface area contributed by atoms with Crippen molar-refractivity contribution < 1.29 is 9.18 Å². The minimum Gasteiger partial charge on any atom is -0.371 e. The Labute approximate surface area is 134 Å². The topological polar surface area (TPSA) is 32.3 Å². The van der Waals surface area contributed by atoms with Gasteiger partial charge in [0.05, 0.1) is 10.7 Å². The Morgan fingerprint density at radius 3 is 2.50 bits per heavy atom. The third-order valence-electron chi connectivity index (χ3n) is 3.33. The van der Waals surface area contributed by atoms with Crippen LogP contribution in [0.15, 0.2) is 48.5 Å². The molecule has 0 aliphatic heterocycles. The van der Waals surface area contributed by atoms with Crippen LogP contribution in [0.1, 0.15) is 13.3 Å². The summed E-state index contributed by atoms with van der Waals surface area (Å²) in [4.78, 5) is 14.0. The van der Waals surface area contributed by atoms with Crippen LogP contribution in [0.3, 0.4) is 0 Å². The SMILES string of the molecule is CCN(CCC(=O)Nc1ccccc1Cl)c1ccc(F)cc1. The monoisotopic (exact) mass is 320 g/mol. The van der Waals surface area contributed by atoms with Gasteiger partial charge in [-0.3, -0.25) is 4.79 Å². The van der Waals surface area contributed by atoms with E-state index in [0.717, 1.165) is 12.2 Å². The van der Waals surface area contributed by atoms with Crippen molar-refractivity contribution in [3.8, 4) is 0 Å². The summed E-state index contributed by atoms with van der Waals surface area (Å²) in [6, 6.07) is 13.4. The van der Waals surface area contributed by atoms with E-state index in [-0.39, 0.29) is 11.7 Å². The van der Waals surface area contributed by atoms with Gasteiger partial charge in [0.1, 0.15) is 5.82 Å². The number of carbonyl (C=O) groups excluding carboxylic acids is 1. The number of anilines is 2. The molecule has 0 radical (unpaired) electrons. The Hall–Kier alpha value is -2.07. The Morgan fingerprint density at radius 2 is 1.86 bits per heavy atom. The summed E-state index contributed by atoms with van der Waals surface area (Å²) in [6.07, 6.45) is 0.330. The number of rotatable bonds is 6. The molecule has 2 aromatic carbocycles. The number of nitrogens with zero attached hydrogens (tertiary/aromatic N) is 1. The van der Waals surface area contributed by atoms with E-state index < -0.39 is 0 Å². The molecule has 0 saturated heterocycles. The van der Waals surface area contributed by atoms with Crippen molar-refractivity contribution in [1.82, 2.24) is 0 Å². The minimum atomic E-state index is -0.267. The number of benzene rings is 2. The molecule has 0 saturated carbocycles. The summed E-state index contributed by atoms with van der Waals surface area (Å²) in [6.45, 7) is 3.29. The highest BCUT2D eigenvalue weighted by Crippen LogP contribution is 2.21. The third-order valence-corrected chi connectivity index (χ3v) is 3.66. The maximum Gasteiger partial charge on any atom is 0.226 e. The Kier molecular flexibility index (Phi) is 5.78. The second kappa shape index (κ2) is 7.80. The molecule has 0 bridgehead atoms. The highest BCUT2D eigenvalue weighted by Gasteiger charge is 2.09.